The van der Waals surface area contributed by atoms with Crippen molar-refractivity contribution in [1.29, 1.82) is 0 Å². The van der Waals surface area contributed by atoms with Crippen molar-refractivity contribution in [3.05, 3.63) is 29.0 Å². The Labute approximate surface area is 105 Å². The van der Waals surface area contributed by atoms with Gasteiger partial charge in [0.25, 0.3) is 0 Å². The summed E-state index contributed by atoms with van der Waals surface area (Å²) in [5.41, 5.74) is 0.506. The molecule has 1 atom stereocenters. The van der Waals surface area contributed by atoms with Crippen LogP contribution in [-0.2, 0) is 14.9 Å². The summed E-state index contributed by atoms with van der Waals surface area (Å²) in [6, 6.07) is 3.60. The number of carbonyl (C=O) groups is 1. The Morgan fingerprint density at radius 3 is 2.88 bits per heavy atom. The fourth-order valence-electron chi connectivity index (χ4n) is 1.96. The highest BCUT2D eigenvalue weighted by molar-refractivity contribution is 6.29. The van der Waals surface area contributed by atoms with Crippen molar-refractivity contribution in [3.8, 4) is 0 Å². The lowest BCUT2D eigenvalue weighted by molar-refractivity contribution is -0.142. The van der Waals surface area contributed by atoms with Crippen LogP contribution in [0.3, 0.4) is 0 Å². The standard InChI is InChI=1S/C12H15ClN2O2/c1-12(2,8-3-4-9(13)15-7-8)10-11(16)14-5-6-17-10/h3-4,7,10H,5-6H2,1-2H3,(H,14,16). The quantitative estimate of drug-likeness (QED) is 0.815. The normalized spacial score (nSPS) is 21.1. The van der Waals surface area contributed by atoms with E-state index in [0.717, 1.165) is 5.56 Å². The minimum absolute atomic E-state index is 0.0730. The average Bonchev–Trinajstić information content (AvgIpc) is 2.30. The van der Waals surface area contributed by atoms with Crippen LogP contribution in [0.25, 0.3) is 0 Å². The van der Waals surface area contributed by atoms with Crippen LogP contribution >= 0.6 is 11.6 Å². The molecule has 1 N–H and O–H groups in total. The Balaban J connectivity index is 2.28. The van der Waals surface area contributed by atoms with E-state index in [-0.39, 0.29) is 5.91 Å². The number of nitrogens with zero attached hydrogens (tertiary/aromatic N) is 1. The van der Waals surface area contributed by atoms with Gasteiger partial charge in [-0.2, -0.15) is 0 Å². The average molecular weight is 255 g/mol. The van der Waals surface area contributed by atoms with Crippen LogP contribution in [0.2, 0.25) is 5.15 Å². The number of morpholine rings is 1. The third-order valence-corrected chi connectivity index (χ3v) is 3.27. The van der Waals surface area contributed by atoms with E-state index in [1.165, 1.54) is 0 Å². The van der Waals surface area contributed by atoms with Crippen LogP contribution in [0.15, 0.2) is 18.3 Å². The number of hydrogen-bond acceptors (Lipinski definition) is 3. The molecule has 1 unspecified atom stereocenters. The van der Waals surface area contributed by atoms with E-state index in [0.29, 0.717) is 18.3 Å². The second kappa shape index (κ2) is 4.63. The van der Waals surface area contributed by atoms with Gasteiger partial charge >= 0.3 is 0 Å². The van der Waals surface area contributed by atoms with Crippen LogP contribution in [0.1, 0.15) is 19.4 Å². The molecule has 1 aliphatic rings. The van der Waals surface area contributed by atoms with Gasteiger partial charge in [-0.25, -0.2) is 4.98 Å². The summed E-state index contributed by atoms with van der Waals surface area (Å²) in [5, 5.41) is 3.25. The van der Waals surface area contributed by atoms with E-state index in [2.05, 4.69) is 10.3 Å². The van der Waals surface area contributed by atoms with Gasteiger partial charge in [0.15, 0.2) is 0 Å². The molecule has 0 spiro atoms. The molecule has 1 aromatic rings. The fraction of sp³-hybridized carbons (Fsp3) is 0.500. The maximum absolute atomic E-state index is 11.8. The molecule has 4 nitrogen and oxygen atoms in total. The molecule has 92 valence electrons. The first-order valence-corrected chi connectivity index (χ1v) is 5.91. The van der Waals surface area contributed by atoms with Crippen molar-refractivity contribution in [2.24, 2.45) is 0 Å². The Morgan fingerprint density at radius 2 is 2.29 bits per heavy atom. The summed E-state index contributed by atoms with van der Waals surface area (Å²) < 4.78 is 5.57. The number of nitrogens with one attached hydrogen (secondary N) is 1. The molecule has 2 heterocycles. The van der Waals surface area contributed by atoms with Crippen LogP contribution in [0, 0.1) is 0 Å². The van der Waals surface area contributed by atoms with Crippen LogP contribution in [0.4, 0.5) is 0 Å². The minimum atomic E-state index is -0.487. The van der Waals surface area contributed by atoms with Gasteiger partial charge in [0, 0.05) is 18.2 Å². The number of ether oxygens (including phenoxy) is 1. The number of hydrogen-bond donors (Lipinski definition) is 1. The zero-order valence-electron chi connectivity index (χ0n) is 9.87. The number of rotatable bonds is 2. The number of halogens is 1. The maximum Gasteiger partial charge on any atom is 0.250 e. The van der Waals surface area contributed by atoms with Crippen molar-refractivity contribution >= 4 is 17.5 Å². The first-order valence-electron chi connectivity index (χ1n) is 5.53. The topological polar surface area (TPSA) is 51.2 Å². The predicted molar refractivity (Wildman–Crippen MR) is 65.0 cm³/mol. The van der Waals surface area contributed by atoms with Crippen LogP contribution in [0.5, 0.6) is 0 Å². The second-order valence-electron chi connectivity index (χ2n) is 4.63. The largest absolute Gasteiger partial charge is 0.366 e. The second-order valence-corrected chi connectivity index (χ2v) is 5.02. The van der Waals surface area contributed by atoms with E-state index in [4.69, 9.17) is 16.3 Å². The third-order valence-electron chi connectivity index (χ3n) is 3.05. The molecular formula is C12H15ClN2O2. The lowest BCUT2D eigenvalue weighted by atomic mass is 9.79. The molecule has 2 rings (SSSR count). The smallest absolute Gasteiger partial charge is 0.250 e. The van der Waals surface area contributed by atoms with E-state index in [9.17, 15) is 4.79 Å². The molecule has 1 amide bonds. The van der Waals surface area contributed by atoms with E-state index in [1.807, 2.05) is 19.9 Å². The van der Waals surface area contributed by atoms with Crippen molar-refractivity contribution in [3.63, 3.8) is 0 Å². The van der Waals surface area contributed by atoms with E-state index < -0.39 is 11.5 Å². The van der Waals surface area contributed by atoms with Gasteiger partial charge in [-0.05, 0) is 11.6 Å². The molecule has 1 aromatic heterocycles. The summed E-state index contributed by atoms with van der Waals surface area (Å²) >= 11 is 5.75. The zero-order chi connectivity index (χ0) is 12.5. The molecule has 0 radical (unpaired) electrons. The number of amides is 1. The summed E-state index contributed by atoms with van der Waals surface area (Å²) in [4.78, 5) is 15.8. The van der Waals surface area contributed by atoms with Gasteiger partial charge in [0.2, 0.25) is 5.91 Å². The highest BCUT2D eigenvalue weighted by Gasteiger charge is 2.39. The Kier molecular flexibility index (Phi) is 3.35. The SMILES string of the molecule is CC(C)(c1ccc(Cl)nc1)C1OCCNC1=O. The van der Waals surface area contributed by atoms with Gasteiger partial charge in [-0.3, -0.25) is 4.79 Å². The summed E-state index contributed by atoms with van der Waals surface area (Å²) in [6.07, 6.45) is 1.20. The molecule has 0 bridgehead atoms. The number of pyridine rings is 1. The molecule has 1 aliphatic heterocycles. The summed E-state index contributed by atoms with van der Waals surface area (Å²) in [6.45, 7) is 5.05. The van der Waals surface area contributed by atoms with Crippen molar-refractivity contribution in [2.45, 2.75) is 25.4 Å². The summed E-state index contributed by atoms with van der Waals surface area (Å²) in [7, 11) is 0. The maximum atomic E-state index is 11.8. The van der Waals surface area contributed by atoms with Crippen LogP contribution < -0.4 is 5.32 Å². The van der Waals surface area contributed by atoms with Gasteiger partial charge in [-0.15, -0.1) is 0 Å². The highest BCUT2D eigenvalue weighted by atomic mass is 35.5. The summed E-state index contributed by atoms with van der Waals surface area (Å²) in [5.74, 6) is -0.0730. The van der Waals surface area contributed by atoms with Crippen molar-refractivity contribution < 1.29 is 9.53 Å². The third kappa shape index (κ3) is 2.42. The Morgan fingerprint density at radius 1 is 1.53 bits per heavy atom. The minimum Gasteiger partial charge on any atom is -0.366 e. The van der Waals surface area contributed by atoms with E-state index >= 15 is 0 Å². The molecule has 0 aromatic carbocycles. The van der Waals surface area contributed by atoms with Gasteiger partial charge in [0.05, 0.1) is 6.61 Å². The first kappa shape index (κ1) is 12.3. The predicted octanol–water partition coefficient (Wildman–Crippen LogP) is 1.53. The van der Waals surface area contributed by atoms with Crippen molar-refractivity contribution in [2.75, 3.05) is 13.2 Å². The number of carbonyl (C=O) groups excluding carboxylic acids is 1. The Bertz CT molecular complexity index is 417. The van der Waals surface area contributed by atoms with Crippen LogP contribution in [-0.4, -0.2) is 30.1 Å². The van der Waals surface area contributed by atoms with Gasteiger partial charge in [0.1, 0.15) is 11.3 Å². The first-order chi connectivity index (χ1) is 8.01. The van der Waals surface area contributed by atoms with E-state index in [1.54, 1.807) is 12.3 Å². The number of aromatic nitrogens is 1. The molecule has 1 saturated heterocycles. The molecular weight excluding hydrogens is 240 g/mol. The Hall–Kier alpha value is -1.13. The zero-order valence-corrected chi connectivity index (χ0v) is 10.6. The monoisotopic (exact) mass is 254 g/mol. The molecule has 0 aliphatic carbocycles. The molecule has 5 heteroatoms. The molecule has 1 fully saturated rings. The van der Waals surface area contributed by atoms with Gasteiger partial charge < -0.3 is 10.1 Å². The molecule has 17 heavy (non-hydrogen) atoms. The lowest BCUT2D eigenvalue weighted by Crippen LogP contribution is -2.53. The van der Waals surface area contributed by atoms with Gasteiger partial charge in [-0.1, -0.05) is 31.5 Å². The lowest BCUT2D eigenvalue weighted by Gasteiger charge is -2.35. The fourth-order valence-corrected chi connectivity index (χ4v) is 2.08. The van der Waals surface area contributed by atoms with Crippen molar-refractivity contribution in [1.82, 2.24) is 10.3 Å². The molecule has 0 saturated carbocycles. The highest BCUT2D eigenvalue weighted by Crippen LogP contribution is 2.30.